The van der Waals surface area contributed by atoms with Crippen LogP contribution in [0.2, 0.25) is 0 Å². The second-order valence-electron chi connectivity index (χ2n) is 2.86. The molecule has 0 aliphatic carbocycles. The van der Waals surface area contributed by atoms with Crippen LogP contribution >= 0.6 is 0 Å². The molecule has 13 heavy (non-hydrogen) atoms. The van der Waals surface area contributed by atoms with Gasteiger partial charge in [0.1, 0.15) is 5.75 Å². The van der Waals surface area contributed by atoms with E-state index in [4.69, 9.17) is 10.5 Å². The lowest BCUT2D eigenvalue weighted by atomic mass is 10.1. The van der Waals surface area contributed by atoms with Crippen molar-refractivity contribution in [2.24, 2.45) is 5.73 Å². The molecule has 0 aliphatic heterocycles. The van der Waals surface area contributed by atoms with Crippen molar-refractivity contribution < 1.29 is 9.84 Å². The Morgan fingerprint density at radius 1 is 1.46 bits per heavy atom. The first-order valence-electron chi connectivity index (χ1n) is 4.30. The van der Waals surface area contributed by atoms with Crippen LogP contribution in [-0.4, -0.2) is 18.8 Å². The van der Waals surface area contributed by atoms with Crippen molar-refractivity contribution >= 4 is 0 Å². The third kappa shape index (κ3) is 2.44. The summed E-state index contributed by atoms with van der Waals surface area (Å²) in [5.41, 5.74) is 6.23. The quantitative estimate of drug-likeness (QED) is 0.738. The van der Waals surface area contributed by atoms with Crippen molar-refractivity contribution in [1.82, 2.24) is 0 Å². The average molecular weight is 181 g/mol. The van der Waals surface area contributed by atoms with Crippen LogP contribution in [0, 0.1) is 0 Å². The molecule has 0 heterocycles. The number of hydrogen-bond acceptors (Lipinski definition) is 3. The zero-order chi connectivity index (χ0) is 9.68. The minimum atomic E-state index is -0.105. The summed E-state index contributed by atoms with van der Waals surface area (Å²) in [7, 11) is 1.62. The molecule has 0 aliphatic rings. The Morgan fingerprint density at radius 2 is 2.15 bits per heavy atom. The summed E-state index contributed by atoms with van der Waals surface area (Å²) in [5, 5.41) is 9.52. The van der Waals surface area contributed by atoms with E-state index in [0.29, 0.717) is 13.0 Å². The number of hydrogen-bond donors (Lipinski definition) is 2. The Bertz CT molecular complexity index is 263. The summed E-state index contributed by atoms with van der Waals surface area (Å²) in [6, 6.07) is 7.16. The van der Waals surface area contributed by atoms with Gasteiger partial charge in [0, 0.05) is 12.7 Å². The molecule has 0 spiro atoms. The fraction of sp³-hybridized carbons (Fsp3) is 0.400. The molecule has 0 fully saturated rings. The van der Waals surface area contributed by atoms with Crippen molar-refractivity contribution in [1.29, 1.82) is 0 Å². The monoisotopic (exact) mass is 181 g/mol. The van der Waals surface area contributed by atoms with E-state index in [2.05, 4.69) is 0 Å². The molecule has 1 unspecified atom stereocenters. The number of ether oxygens (including phenoxy) is 1. The lowest BCUT2D eigenvalue weighted by molar-refractivity contribution is 0.0955. The van der Waals surface area contributed by atoms with Gasteiger partial charge in [-0.3, -0.25) is 0 Å². The maximum absolute atomic E-state index is 9.52. The van der Waals surface area contributed by atoms with Crippen molar-refractivity contribution in [3.05, 3.63) is 29.8 Å². The highest BCUT2D eigenvalue weighted by Crippen LogP contribution is 2.27. The van der Waals surface area contributed by atoms with Crippen LogP contribution in [0.25, 0.3) is 0 Å². The Morgan fingerprint density at radius 3 is 2.69 bits per heavy atom. The zero-order valence-electron chi connectivity index (χ0n) is 7.73. The number of benzene rings is 1. The molecule has 1 rings (SSSR count). The smallest absolute Gasteiger partial charge is 0.121 e. The van der Waals surface area contributed by atoms with E-state index < -0.39 is 0 Å². The molecule has 0 saturated heterocycles. The molecule has 3 heteroatoms. The van der Waals surface area contributed by atoms with Crippen LogP contribution in [0.3, 0.4) is 0 Å². The van der Waals surface area contributed by atoms with E-state index in [1.807, 2.05) is 12.1 Å². The molecule has 1 atom stereocenters. The van der Waals surface area contributed by atoms with Gasteiger partial charge in [0.15, 0.2) is 0 Å². The van der Waals surface area contributed by atoms with Gasteiger partial charge in [-0.2, -0.15) is 0 Å². The van der Waals surface area contributed by atoms with Gasteiger partial charge < -0.3 is 15.6 Å². The Hall–Kier alpha value is -1.06. The minimum absolute atomic E-state index is 0.105. The van der Waals surface area contributed by atoms with Gasteiger partial charge in [0.05, 0.1) is 6.10 Å². The molecule has 1 aromatic carbocycles. The zero-order valence-corrected chi connectivity index (χ0v) is 7.73. The molecule has 1 aromatic rings. The predicted molar refractivity (Wildman–Crippen MR) is 51.5 cm³/mol. The molecule has 0 saturated carbocycles. The van der Waals surface area contributed by atoms with Crippen LogP contribution in [0.15, 0.2) is 24.3 Å². The second kappa shape index (κ2) is 4.84. The predicted octanol–water partition coefficient (Wildman–Crippen LogP) is 1.43. The van der Waals surface area contributed by atoms with Gasteiger partial charge in [-0.15, -0.1) is 0 Å². The lowest BCUT2D eigenvalue weighted by Crippen LogP contribution is -2.09. The van der Waals surface area contributed by atoms with Crippen molar-refractivity contribution in [3.8, 4) is 5.75 Å². The first-order chi connectivity index (χ1) is 6.29. The number of para-hydroxylation sites is 1. The summed E-state index contributed by atoms with van der Waals surface area (Å²) >= 11 is 0. The first-order valence-corrected chi connectivity index (χ1v) is 4.30. The molecule has 0 radical (unpaired) electrons. The SMILES string of the molecule is COC(CCN)c1ccccc1O. The highest BCUT2D eigenvalue weighted by atomic mass is 16.5. The highest BCUT2D eigenvalue weighted by Gasteiger charge is 2.12. The van der Waals surface area contributed by atoms with Crippen molar-refractivity contribution in [2.45, 2.75) is 12.5 Å². The van der Waals surface area contributed by atoms with E-state index in [1.54, 1.807) is 19.2 Å². The van der Waals surface area contributed by atoms with Crippen LogP contribution in [0.4, 0.5) is 0 Å². The number of aromatic hydroxyl groups is 1. The molecule has 0 bridgehead atoms. The third-order valence-electron chi connectivity index (χ3n) is 2.00. The second-order valence-corrected chi connectivity index (χ2v) is 2.86. The first kappa shape index (κ1) is 10.0. The van der Waals surface area contributed by atoms with Gasteiger partial charge in [0.2, 0.25) is 0 Å². The maximum Gasteiger partial charge on any atom is 0.121 e. The number of phenolic OH excluding ortho intramolecular Hbond substituents is 1. The lowest BCUT2D eigenvalue weighted by Gasteiger charge is -2.15. The molecule has 0 amide bonds. The van der Waals surface area contributed by atoms with Crippen LogP contribution < -0.4 is 5.73 Å². The molecule has 72 valence electrons. The van der Waals surface area contributed by atoms with E-state index in [9.17, 15) is 5.11 Å². The van der Waals surface area contributed by atoms with Crippen LogP contribution in [0.1, 0.15) is 18.1 Å². The summed E-state index contributed by atoms with van der Waals surface area (Å²) < 4.78 is 5.22. The fourth-order valence-electron chi connectivity index (χ4n) is 1.31. The van der Waals surface area contributed by atoms with Gasteiger partial charge in [-0.25, -0.2) is 0 Å². The number of phenols is 1. The summed E-state index contributed by atoms with van der Waals surface area (Å²) in [6.07, 6.45) is 0.611. The van der Waals surface area contributed by atoms with Crippen LogP contribution in [0.5, 0.6) is 5.75 Å². The summed E-state index contributed by atoms with van der Waals surface area (Å²) in [4.78, 5) is 0. The van der Waals surface area contributed by atoms with Crippen molar-refractivity contribution in [3.63, 3.8) is 0 Å². The molecule has 0 aromatic heterocycles. The maximum atomic E-state index is 9.52. The van der Waals surface area contributed by atoms with E-state index in [-0.39, 0.29) is 11.9 Å². The Labute approximate surface area is 78.1 Å². The highest BCUT2D eigenvalue weighted by molar-refractivity contribution is 5.33. The standard InChI is InChI=1S/C10H15NO2/c1-13-10(6-7-11)8-4-2-3-5-9(8)12/h2-5,10,12H,6-7,11H2,1H3. The van der Waals surface area contributed by atoms with Gasteiger partial charge in [-0.1, -0.05) is 18.2 Å². The summed E-state index contributed by atoms with van der Waals surface area (Å²) in [5.74, 6) is 0.266. The fourth-order valence-corrected chi connectivity index (χ4v) is 1.31. The molecule has 3 N–H and O–H groups in total. The largest absolute Gasteiger partial charge is 0.508 e. The number of methoxy groups -OCH3 is 1. The Kier molecular flexibility index (Phi) is 3.73. The van der Waals surface area contributed by atoms with E-state index >= 15 is 0 Å². The summed E-state index contributed by atoms with van der Waals surface area (Å²) in [6.45, 7) is 0.548. The molecular formula is C10H15NO2. The van der Waals surface area contributed by atoms with Gasteiger partial charge in [-0.05, 0) is 19.0 Å². The minimum Gasteiger partial charge on any atom is -0.508 e. The Balaban J connectivity index is 2.84. The van der Waals surface area contributed by atoms with E-state index in [1.165, 1.54) is 0 Å². The number of nitrogens with two attached hydrogens (primary N) is 1. The molecular weight excluding hydrogens is 166 g/mol. The normalized spacial score (nSPS) is 12.8. The third-order valence-corrected chi connectivity index (χ3v) is 2.00. The van der Waals surface area contributed by atoms with Crippen molar-refractivity contribution in [2.75, 3.05) is 13.7 Å². The van der Waals surface area contributed by atoms with Gasteiger partial charge >= 0.3 is 0 Å². The van der Waals surface area contributed by atoms with E-state index in [0.717, 1.165) is 5.56 Å². The average Bonchev–Trinajstić information content (AvgIpc) is 2.16. The van der Waals surface area contributed by atoms with Crippen LogP contribution in [-0.2, 0) is 4.74 Å². The molecule has 3 nitrogen and oxygen atoms in total. The van der Waals surface area contributed by atoms with Gasteiger partial charge in [0.25, 0.3) is 0 Å². The number of rotatable bonds is 4. The topological polar surface area (TPSA) is 55.5 Å².